The van der Waals surface area contributed by atoms with E-state index < -0.39 is 59.4 Å². The van der Waals surface area contributed by atoms with Crippen LogP contribution in [0.5, 0.6) is 0 Å². The monoisotopic (exact) mass is 664 g/mol. The van der Waals surface area contributed by atoms with E-state index in [0.29, 0.717) is 25.7 Å². The molecule has 4 aliphatic carbocycles. The first-order chi connectivity index (χ1) is 22.0. The number of ether oxygens (including phenoxy) is 1. The molecule has 0 radical (unpaired) electrons. The van der Waals surface area contributed by atoms with Gasteiger partial charge in [-0.2, -0.15) is 22.0 Å². The Morgan fingerprint density at radius 2 is 1.81 bits per heavy atom. The standard InChI is InChI=1S/C35H41F5N2O5/c1-4-47-30(44)20(2)42-31(45)41-17-5-6-21-7-9-22(10-8-21)27-19-32(3)28(15-16-33(32,46)34(36,37)35(38,39)40)26-13-11-23-18-24(43)12-14-25(23)29(26)27/h5-10,18,20,26-28,46H,4,11-17,19H2,1-3H3,(H2,41,42,45)/b6-5+/t20?,26-,27+,28-,32-,33-/m0/s1. The molecule has 4 aliphatic rings. The van der Waals surface area contributed by atoms with Crippen molar-refractivity contribution in [2.75, 3.05) is 13.2 Å². The summed E-state index contributed by atoms with van der Waals surface area (Å²) >= 11 is 0. The van der Waals surface area contributed by atoms with Gasteiger partial charge in [-0.3, -0.25) is 4.79 Å². The number of rotatable bonds is 8. The Morgan fingerprint density at radius 1 is 1.11 bits per heavy atom. The van der Waals surface area contributed by atoms with Gasteiger partial charge in [0.25, 0.3) is 0 Å². The lowest BCUT2D eigenvalue weighted by Crippen LogP contribution is -2.65. The molecule has 2 amide bonds. The highest BCUT2D eigenvalue weighted by Crippen LogP contribution is 2.70. The van der Waals surface area contributed by atoms with Gasteiger partial charge < -0.3 is 20.5 Å². The minimum absolute atomic E-state index is 0.0247. The lowest BCUT2D eigenvalue weighted by molar-refractivity contribution is -0.362. The van der Waals surface area contributed by atoms with Crippen molar-refractivity contribution in [2.45, 2.75) is 95.4 Å². The Hall–Kier alpha value is -3.54. The predicted octanol–water partition coefficient (Wildman–Crippen LogP) is 6.78. The Labute approximate surface area is 270 Å². The number of urea groups is 1. The van der Waals surface area contributed by atoms with Gasteiger partial charge in [0.05, 0.1) is 6.61 Å². The second-order valence-corrected chi connectivity index (χ2v) is 13.4. The highest BCUT2D eigenvalue weighted by Gasteiger charge is 2.79. The molecule has 12 heteroatoms. The smallest absolute Gasteiger partial charge is 0.456 e. The maximum absolute atomic E-state index is 15.2. The number of hydrogen-bond acceptors (Lipinski definition) is 5. The molecule has 2 fully saturated rings. The minimum atomic E-state index is -5.90. The first kappa shape index (κ1) is 34.8. The van der Waals surface area contributed by atoms with Crippen LogP contribution in [-0.2, 0) is 14.3 Å². The number of alkyl halides is 5. The summed E-state index contributed by atoms with van der Waals surface area (Å²) in [5.74, 6) is -7.19. The molecule has 0 aliphatic heterocycles. The van der Waals surface area contributed by atoms with Crippen LogP contribution >= 0.6 is 0 Å². The highest BCUT2D eigenvalue weighted by molar-refractivity contribution is 5.93. The molecule has 0 aromatic heterocycles. The van der Waals surface area contributed by atoms with Crippen molar-refractivity contribution in [3.63, 3.8) is 0 Å². The average molecular weight is 665 g/mol. The summed E-state index contributed by atoms with van der Waals surface area (Å²) in [6.45, 7) is 4.93. The third kappa shape index (κ3) is 6.13. The molecule has 1 aromatic rings. The number of esters is 1. The van der Waals surface area contributed by atoms with E-state index in [-0.39, 0.29) is 37.7 Å². The molecule has 47 heavy (non-hydrogen) atoms. The molecule has 0 spiro atoms. The lowest BCUT2D eigenvalue weighted by Gasteiger charge is -2.56. The molecular weight excluding hydrogens is 623 g/mol. The molecule has 6 atom stereocenters. The van der Waals surface area contributed by atoms with Crippen molar-refractivity contribution >= 4 is 23.9 Å². The largest absolute Gasteiger partial charge is 0.464 e. The first-order valence-electron chi connectivity index (χ1n) is 16.1. The maximum atomic E-state index is 15.2. The van der Waals surface area contributed by atoms with E-state index >= 15 is 8.78 Å². The van der Waals surface area contributed by atoms with Gasteiger partial charge in [-0.05, 0) is 92.6 Å². The van der Waals surface area contributed by atoms with Crippen molar-refractivity contribution < 1.29 is 46.2 Å². The zero-order valence-electron chi connectivity index (χ0n) is 26.7. The van der Waals surface area contributed by atoms with Gasteiger partial charge in [-0.15, -0.1) is 0 Å². The fourth-order valence-corrected chi connectivity index (χ4v) is 8.47. The summed E-state index contributed by atoms with van der Waals surface area (Å²) in [5.41, 5.74) is -0.536. The molecule has 7 nitrogen and oxygen atoms in total. The van der Waals surface area contributed by atoms with Crippen LogP contribution in [-0.4, -0.2) is 59.8 Å². The van der Waals surface area contributed by atoms with E-state index in [1.165, 1.54) is 13.8 Å². The summed E-state index contributed by atoms with van der Waals surface area (Å²) in [5, 5.41) is 16.5. The van der Waals surface area contributed by atoms with Gasteiger partial charge in [0.2, 0.25) is 0 Å². The van der Waals surface area contributed by atoms with Crippen molar-refractivity contribution in [1.82, 2.24) is 10.6 Å². The van der Waals surface area contributed by atoms with Crippen LogP contribution in [0.3, 0.4) is 0 Å². The topological polar surface area (TPSA) is 105 Å². The number of nitrogens with one attached hydrogen (secondary N) is 2. The van der Waals surface area contributed by atoms with Crippen LogP contribution in [0.2, 0.25) is 0 Å². The number of carbonyl (C=O) groups excluding carboxylic acids is 3. The number of halogens is 5. The second-order valence-electron chi connectivity index (χ2n) is 13.4. The molecule has 5 rings (SSSR count). The minimum Gasteiger partial charge on any atom is -0.464 e. The third-order valence-electron chi connectivity index (χ3n) is 10.8. The van der Waals surface area contributed by atoms with E-state index in [4.69, 9.17) is 4.74 Å². The van der Waals surface area contributed by atoms with Crippen LogP contribution in [0.1, 0.15) is 82.8 Å². The number of amides is 2. The molecule has 0 bridgehead atoms. The maximum Gasteiger partial charge on any atom is 0.456 e. The Morgan fingerprint density at radius 3 is 2.47 bits per heavy atom. The quantitative estimate of drug-likeness (QED) is 0.210. The van der Waals surface area contributed by atoms with Crippen molar-refractivity contribution in [2.24, 2.45) is 17.3 Å². The van der Waals surface area contributed by atoms with Gasteiger partial charge in [-0.1, -0.05) is 48.9 Å². The SMILES string of the molecule is CCOC(=O)C(C)NC(=O)NC/C=C/c1ccc([C@H]2C[C@@]3(C)[C@@H](CC[C@@]3(O)C(F)(F)C(F)(F)F)[C@@H]3CCC4=CC(=O)CCC4=C32)cc1. The van der Waals surface area contributed by atoms with Crippen molar-refractivity contribution in [1.29, 1.82) is 0 Å². The van der Waals surface area contributed by atoms with Gasteiger partial charge in [0.1, 0.15) is 11.6 Å². The fraction of sp³-hybridized carbons (Fsp3) is 0.571. The van der Waals surface area contributed by atoms with Crippen LogP contribution in [0.4, 0.5) is 26.7 Å². The number of hydrogen-bond donors (Lipinski definition) is 3. The number of ketones is 1. The average Bonchev–Trinajstić information content (AvgIpc) is 3.29. The summed E-state index contributed by atoms with van der Waals surface area (Å²) in [6, 6.07) is 5.89. The predicted molar refractivity (Wildman–Crippen MR) is 164 cm³/mol. The zero-order chi connectivity index (χ0) is 34.4. The van der Waals surface area contributed by atoms with E-state index in [1.54, 1.807) is 37.3 Å². The normalized spacial score (nSPS) is 29.9. The van der Waals surface area contributed by atoms with Gasteiger partial charge in [0, 0.05) is 24.3 Å². The number of benzene rings is 1. The van der Waals surface area contributed by atoms with E-state index in [0.717, 1.165) is 27.8 Å². The lowest BCUT2D eigenvalue weighted by atomic mass is 9.50. The summed E-state index contributed by atoms with van der Waals surface area (Å²) in [6.07, 6.45) is 0.404. The van der Waals surface area contributed by atoms with Crippen molar-refractivity contribution in [3.05, 3.63) is 64.3 Å². The van der Waals surface area contributed by atoms with Crippen molar-refractivity contribution in [3.8, 4) is 0 Å². The highest BCUT2D eigenvalue weighted by atomic mass is 19.4. The molecule has 0 saturated heterocycles. The van der Waals surface area contributed by atoms with Gasteiger partial charge >= 0.3 is 24.1 Å². The number of carbonyl (C=O) groups is 3. The van der Waals surface area contributed by atoms with Crippen LogP contribution in [0.25, 0.3) is 6.08 Å². The van der Waals surface area contributed by atoms with E-state index in [2.05, 4.69) is 10.6 Å². The number of allylic oxidation sites excluding steroid dienone is 4. The van der Waals surface area contributed by atoms with Gasteiger partial charge in [-0.25, -0.2) is 9.59 Å². The van der Waals surface area contributed by atoms with E-state index in [1.807, 2.05) is 12.1 Å². The van der Waals surface area contributed by atoms with E-state index in [9.17, 15) is 32.7 Å². The Kier molecular flexibility index (Phi) is 9.49. The van der Waals surface area contributed by atoms with Crippen LogP contribution in [0.15, 0.2) is 53.1 Å². The molecule has 3 N–H and O–H groups in total. The number of fused-ring (bicyclic) bond motifs is 4. The zero-order valence-corrected chi connectivity index (χ0v) is 26.7. The molecule has 2 saturated carbocycles. The molecule has 1 aromatic carbocycles. The third-order valence-corrected chi connectivity index (χ3v) is 10.8. The summed E-state index contributed by atoms with van der Waals surface area (Å²) in [4.78, 5) is 36.0. The van der Waals surface area contributed by atoms with Crippen LogP contribution in [0, 0.1) is 17.3 Å². The summed E-state index contributed by atoms with van der Waals surface area (Å²) < 4.78 is 76.6. The molecule has 256 valence electrons. The fourth-order valence-electron chi connectivity index (χ4n) is 8.47. The van der Waals surface area contributed by atoms with Crippen LogP contribution < -0.4 is 10.6 Å². The molecule has 1 unspecified atom stereocenters. The Balaban J connectivity index is 1.41. The molecular formula is C35H41F5N2O5. The second kappa shape index (κ2) is 12.8. The summed E-state index contributed by atoms with van der Waals surface area (Å²) in [7, 11) is 0. The Bertz CT molecular complexity index is 1500. The molecule has 0 heterocycles. The van der Waals surface area contributed by atoms with Gasteiger partial charge in [0.15, 0.2) is 5.78 Å². The first-order valence-corrected chi connectivity index (χ1v) is 16.1. The number of aliphatic hydroxyl groups is 1.